The number of carboxylic acids is 1. The molecule has 3 heterocycles. The number of piperidine rings is 1. The Balaban J connectivity index is 1.51. The highest BCUT2D eigenvalue weighted by molar-refractivity contribution is 6.09. The van der Waals surface area contributed by atoms with Crippen LogP contribution in [-0.2, 0) is 11.2 Å². The fraction of sp³-hybridized carbons (Fsp3) is 0.250. The van der Waals surface area contributed by atoms with E-state index >= 15 is 0 Å². The van der Waals surface area contributed by atoms with Crippen molar-refractivity contribution in [2.75, 3.05) is 22.9 Å². The quantitative estimate of drug-likeness (QED) is 0.660. The second-order valence-electron chi connectivity index (χ2n) is 8.07. The molecule has 3 aromatic rings. The van der Waals surface area contributed by atoms with Gasteiger partial charge in [-0.15, -0.1) is 0 Å². The molecule has 1 fully saturated rings. The molecule has 2 aromatic carbocycles. The molecule has 5 rings (SSSR count). The maximum Gasteiger partial charge on any atom is 0.356 e. The van der Waals surface area contributed by atoms with E-state index in [0.29, 0.717) is 24.2 Å². The monoisotopic (exact) mass is 448 g/mol. The average molecular weight is 448 g/mol. The van der Waals surface area contributed by atoms with Crippen LogP contribution in [0.25, 0.3) is 5.69 Å². The van der Waals surface area contributed by atoms with Crippen LogP contribution in [0.15, 0.2) is 48.5 Å². The number of carboxylic acid groups (broad SMARTS) is 1. The van der Waals surface area contributed by atoms with Crippen molar-refractivity contribution in [3.63, 3.8) is 0 Å². The molecular weight excluding hydrogens is 427 g/mol. The van der Waals surface area contributed by atoms with Crippen LogP contribution in [-0.4, -0.2) is 45.8 Å². The highest BCUT2D eigenvalue weighted by Gasteiger charge is 2.35. The lowest BCUT2D eigenvalue weighted by molar-refractivity contribution is -0.119. The van der Waals surface area contributed by atoms with Crippen LogP contribution in [0.5, 0.6) is 0 Å². The van der Waals surface area contributed by atoms with Gasteiger partial charge in [0, 0.05) is 36.4 Å². The van der Waals surface area contributed by atoms with E-state index in [1.807, 2.05) is 0 Å². The maximum atomic E-state index is 14.5. The summed E-state index contributed by atoms with van der Waals surface area (Å²) in [7, 11) is 0. The number of hydrogen-bond donors (Lipinski definition) is 1. The van der Waals surface area contributed by atoms with Gasteiger partial charge in [-0.25, -0.2) is 13.9 Å². The summed E-state index contributed by atoms with van der Waals surface area (Å²) in [5.74, 6) is -2.25. The van der Waals surface area contributed by atoms with E-state index in [9.17, 15) is 23.9 Å². The van der Waals surface area contributed by atoms with Gasteiger partial charge in [0.2, 0.25) is 5.91 Å². The third kappa shape index (κ3) is 3.55. The van der Waals surface area contributed by atoms with Crippen molar-refractivity contribution in [3.8, 4) is 5.69 Å². The molecule has 168 valence electrons. The molecule has 0 radical (unpaired) electrons. The van der Waals surface area contributed by atoms with Gasteiger partial charge in [0.05, 0.1) is 0 Å². The first-order chi connectivity index (χ1) is 16.0. The first-order valence-electron chi connectivity index (χ1n) is 10.8. The highest BCUT2D eigenvalue weighted by Crippen LogP contribution is 2.31. The van der Waals surface area contributed by atoms with E-state index in [0.717, 1.165) is 23.2 Å². The van der Waals surface area contributed by atoms with Crippen molar-refractivity contribution in [1.29, 1.82) is 0 Å². The molecule has 0 unspecified atom stereocenters. The third-order valence-electron chi connectivity index (χ3n) is 6.10. The standard InChI is InChI=1S/C24H21FN4O4/c25-18-5-1-2-6-19(18)29-22-17(21(26-29)24(32)33)12-14-28(23(22)31)16-10-8-15(9-11-16)27-13-4-3-7-20(27)30/h1-2,5-6,8-11H,3-4,7,12-14H2,(H,32,33). The van der Waals surface area contributed by atoms with Gasteiger partial charge in [0.25, 0.3) is 5.91 Å². The van der Waals surface area contributed by atoms with Gasteiger partial charge < -0.3 is 14.9 Å². The van der Waals surface area contributed by atoms with Crippen LogP contribution in [0.2, 0.25) is 0 Å². The minimum atomic E-state index is -1.27. The zero-order chi connectivity index (χ0) is 23.1. The SMILES string of the molecule is O=C(O)c1nn(-c2ccccc2F)c2c1CCN(c1ccc(N3CCCCC3=O)cc1)C2=O. The highest BCUT2D eigenvalue weighted by atomic mass is 19.1. The van der Waals surface area contributed by atoms with Crippen molar-refractivity contribution in [1.82, 2.24) is 9.78 Å². The van der Waals surface area contributed by atoms with Crippen LogP contribution < -0.4 is 9.80 Å². The number of amides is 2. The second kappa shape index (κ2) is 8.16. The van der Waals surface area contributed by atoms with Crippen molar-refractivity contribution in [2.45, 2.75) is 25.7 Å². The summed E-state index contributed by atoms with van der Waals surface area (Å²) >= 11 is 0. The first kappa shape index (κ1) is 20.9. The zero-order valence-electron chi connectivity index (χ0n) is 17.7. The molecule has 1 aromatic heterocycles. The van der Waals surface area contributed by atoms with Crippen molar-refractivity contribution in [2.24, 2.45) is 0 Å². The van der Waals surface area contributed by atoms with Gasteiger partial charge in [0.1, 0.15) is 17.2 Å². The summed E-state index contributed by atoms with van der Waals surface area (Å²) in [5, 5.41) is 13.7. The molecule has 1 saturated heterocycles. The Labute approximate surface area is 188 Å². The lowest BCUT2D eigenvalue weighted by Gasteiger charge is -2.29. The van der Waals surface area contributed by atoms with Crippen LogP contribution in [0.1, 0.15) is 45.8 Å². The third-order valence-corrected chi connectivity index (χ3v) is 6.10. The number of anilines is 2. The lowest BCUT2D eigenvalue weighted by atomic mass is 10.0. The molecule has 2 aliphatic rings. The zero-order valence-corrected chi connectivity index (χ0v) is 17.7. The van der Waals surface area contributed by atoms with Crippen molar-refractivity contribution >= 4 is 29.2 Å². The number of benzene rings is 2. The molecule has 1 N–H and O–H groups in total. The van der Waals surface area contributed by atoms with Crippen molar-refractivity contribution < 1.29 is 23.9 Å². The number of carbonyl (C=O) groups is 3. The summed E-state index contributed by atoms with van der Waals surface area (Å²) in [6, 6.07) is 12.9. The number of halogens is 1. The molecule has 0 atom stereocenters. The fourth-order valence-corrected chi connectivity index (χ4v) is 4.47. The Kier molecular flexibility index (Phi) is 5.16. The van der Waals surface area contributed by atoms with E-state index in [1.165, 1.54) is 23.1 Å². The summed E-state index contributed by atoms with van der Waals surface area (Å²) in [4.78, 5) is 40.7. The number of fused-ring (bicyclic) bond motifs is 1. The minimum Gasteiger partial charge on any atom is -0.476 e. The van der Waals surface area contributed by atoms with Crippen molar-refractivity contribution in [3.05, 3.63) is 71.3 Å². The average Bonchev–Trinajstić information content (AvgIpc) is 3.21. The Bertz CT molecular complexity index is 1270. The lowest BCUT2D eigenvalue weighted by Crippen LogP contribution is -2.39. The van der Waals surface area contributed by atoms with E-state index in [-0.39, 0.29) is 35.9 Å². The summed E-state index contributed by atoms with van der Waals surface area (Å²) in [5.41, 5.74) is 1.48. The van der Waals surface area contributed by atoms with Gasteiger partial charge in [-0.1, -0.05) is 12.1 Å². The van der Waals surface area contributed by atoms with Crippen LogP contribution in [0.3, 0.4) is 0 Å². The summed E-state index contributed by atoms with van der Waals surface area (Å²) in [6.07, 6.45) is 2.64. The smallest absolute Gasteiger partial charge is 0.356 e. The predicted molar refractivity (Wildman–Crippen MR) is 119 cm³/mol. The number of carbonyl (C=O) groups excluding carboxylic acids is 2. The van der Waals surface area contributed by atoms with Crippen LogP contribution in [0, 0.1) is 5.82 Å². The number of para-hydroxylation sites is 1. The normalized spacial score (nSPS) is 16.2. The maximum absolute atomic E-state index is 14.5. The predicted octanol–water partition coefficient (Wildman–Crippen LogP) is 3.43. The topological polar surface area (TPSA) is 95.7 Å². The van der Waals surface area contributed by atoms with Gasteiger partial charge in [-0.2, -0.15) is 5.10 Å². The number of rotatable bonds is 4. The molecule has 2 aliphatic heterocycles. The van der Waals surface area contributed by atoms with Gasteiger partial charge in [-0.3, -0.25) is 9.59 Å². The number of hydrogen-bond acceptors (Lipinski definition) is 4. The van der Waals surface area contributed by atoms with E-state index < -0.39 is 17.7 Å². The molecule has 0 saturated carbocycles. The number of aromatic carboxylic acids is 1. The van der Waals surface area contributed by atoms with Gasteiger partial charge in [-0.05, 0) is 55.7 Å². The van der Waals surface area contributed by atoms with Crippen LogP contribution >= 0.6 is 0 Å². The fourth-order valence-electron chi connectivity index (χ4n) is 4.47. The summed E-state index contributed by atoms with van der Waals surface area (Å²) in [6.45, 7) is 0.932. The molecular formula is C24H21FN4O4. The Hall–Kier alpha value is -4.01. The van der Waals surface area contributed by atoms with Crippen LogP contribution in [0.4, 0.5) is 15.8 Å². The van der Waals surface area contributed by atoms with E-state index in [2.05, 4.69) is 5.10 Å². The molecule has 8 nitrogen and oxygen atoms in total. The Morgan fingerprint density at radius 3 is 2.27 bits per heavy atom. The van der Waals surface area contributed by atoms with Gasteiger partial charge in [0.15, 0.2) is 5.69 Å². The van der Waals surface area contributed by atoms with E-state index in [1.54, 1.807) is 35.2 Å². The largest absolute Gasteiger partial charge is 0.476 e. The van der Waals surface area contributed by atoms with Gasteiger partial charge >= 0.3 is 5.97 Å². The molecule has 0 bridgehead atoms. The van der Waals surface area contributed by atoms with E-state index in [4.69, 9.17) is 0 Å². The molecule has 9 heteroatoms. The number of aromatic nitrogens is 2. The summed E-state index contributed by atoms with van der Waals surface area (Å²) < 4.78 is 15.6. The Morgan fingerprint density at radius 2 is 1.61 bits per heavy atom. The molecule has 0 aliphatic carbocycles. The number of nitrogens with zero attached hydrogens (tertiary/aromatic N) is 4. The molecule has 0 spiro atoms. The molecule has 2 amide bonds. The first-order valence-corrected chi connectivity index (χ1v) is 10.8. The molecule has 33 heavy (non-hydrogen) atoms. The minimum absolute atomic E-state index is 0.00964. The second-order valence-corrected chi connectivity index (χ2v) is 8.07. The Morgan fingerprint density at radius 1 is 0.909 bits per heavy atom.